The fourth-order valence-corrected chi connectivity index (χ4v) is 2.41. The van der Waals surface area contributed by atoms with E-state index >= 15 is 0 Å². The van der Waals surface area contributed by atoms with Gasteiger partial charge in [-0.2, -0.15) is 0 Å². The minimum absolute atomic E-state index is 1.14. The van der Waals surface area contributed by atoms with E-state index in [0.29, 0.717) is 0 Å². The molecule has 0 spiro atoms. The molecule has 100 valence electrons. The summed E-state index contributed by atoms with van der Waals surface area (Å²) in [7, 11) is 4.39. The van der Waals surface area contributed by atoms with Crippen molar-refractivity contribution in [1.29, 1.82) is 0 Å². The zero-order valence-corrected chi connectivity index (χ0v) is 11.7. The standard InChI is InChI=1S/C15H25N3/c1-16-11-13-18(14-12-16)10-6-9-17(2)15-7-4-3-5-8-15/h3-5,7-8H,6,9-14H2,1-2H3. The second-order valence-corrected chi connectivity index (χ2v) is 5.26. The summed E-state index contributed by atoms with van der Waals surface area (Å²) in [5, 5.41) is 0. The maximum absolute atomic E-state index is 2.58. The number of hydrogen-bond acceptors (Lipinski definition) is 3. The van der Waals surface area contributed by atoms with Crippen molar-refractivity contribution in [3.8, 4) is 0 Å². The molecule has 0 saturated carbocycles. The molecule has 0 aliphatic carbocycles. The lowest BCUT2D eigenvalue weighted by Gasteiger charge is -2.32. The van der Waals surface area contributed by atoms with Gasteiger partial charge < -0.3 is 14.7 Å². The average Bonchev–Trinajstić information content (AvgIpc) is 2.42. The Balaban J connectivity index is 1.66. The van der Waals surface area contributed by atoms with E-state index in [1.807, 2.05) is 0 Å². The second-order valence-electron chi connectivity index (χ2n) is 5.26. The molecule has 18 heavy (non-hydrogen) atoms. The minimum atomic E-state index is 1.14. The molecule has 3 heteroatoms. The van der Waals surface area contributed by atoms with Gasteiger partial charge in [0.1, 0.15) is 0 Å². The molecule has 1 heterocycles. The average molecular weight is 247 g/mol. The maximum atomic E-state index is 2.58. The molecule has 0 bridgehead atoms. The number of piperazine rings is 1. The lowest BCUT2D eigenvalue weighted by atomic mass is 10.2. The van der Waals surface area contributed by atoms with Crippen LogP contribution in [-0.4, -0.2) is 63.2 Å². The second kappa shape index (κ2) is 6.76. The smallest absolute Gasteiger partial charge is 0.0363 e. The Hall–Kier alpha value is -1.06. The molecule has 0 aromatic heterocycles. The first-order valence-corrected chi connectivity index (χ1v) is 6.93. The Bertz CT molecular complexity index is 331. The van der Waals surface area contributed by atoms with Gasteiger partial charge in [0.05, 0.1) is 0 Å². The number of para-hydroxylation sites is 1. The highest BCUT2D eigenvalue weighted by atomic mass is 15.2. The van der Waals surface area contributed by atoms with Crippen LogP contribution < -0.4 is 4.90 Å². The summed E-state index contributed by atoms with van der Waals surface area (Å²) < 4.78 is 0. The molecule has 1 saturated heterocycles. The number of anilines is 1. The first-order valence-electron chi connectivity index (χ1n) is 6.93. The van der Waals surface area contributed by atoms with Gasteiger partial charge in [-0.05, 0) is 32.1 Å². The number of likely N-dealkylation sites (N-methyl/N-ethyl adjacent to an activating group) is 1. The normalized spacial score (nSPS) is 17.9. The first-order chi connectivity index (χ1) is 8.75. The fraction of sp³-hybridized carbons (Fsp3) is 0.600. The first kappa shape index (κ1) is 13.4. The van der Waals surface area contributed by atoms with Crippen molar-refractivity contribution >= 4 is 5.69 Å². The van der Waals surface area contributed by atoms with Crippen molar-refractivity contribution in [2.45, 2.75) is 6.42 Å². The lowest BCUT2D eigenvalue weighted by molar-refractivity contribution is 0.153. The highest BCUT2D eigenvalue weighted by Crippen LogP contribution is 2.11. The van der Waals surface area contributed by atoms with Crippen LogP contribution in [0.4, 0.5) is 5.69 Å². The van der Waals surface area contributed by atoms with Crippen molar-refractivity contribution in [2.24, 2.45) is 0 Å². The van der Waals surface area contributed by atoms with Gasteiger partial charge in [-0.1, -0.05) is 18.2 Å². The lowest BCUT2D eigenvalue weighted by Crippen LogP contribution is -2.45. The molecule has 1 aromatic carbocycles. The van der Waals surface area contributed by atoms with Crippen molar-refractivity contribution in [3.63, 3.8) is 0 Å². The maximum Gasteiger partial charge on any atom is 0.0363 e. The van der Waals surface area contributed by atoms with Crippen LogP contribution in [0.2, 0.25) is 0 Å². The molecule has 1 aromatic rings. The molecule has 0 N–H and O–H groups in total. The summed E-state index contributed by atoms with van der Waals surface area (Å²) in [4.78, 5) is 7.33. The van der Waals surface area contributed by atoms with Crippen LogP contribution in [0.1, 0.15) is 6.42 Å². The van der Waals surface area contributed by atoms with E-state index < -0.39 is 0 Å². The van der Waals surface area contributed by atoms with E-state index in [-0.39, 0.29) is 0 Å². The van der Waals surface area contributed by atoms with Gasteiger partial charge in [-0.25, -0.2) is 0 Å². The molecule has 3 nitrogen and oxygen atoms in total. The fourth-order valence-electron chi connectivity index (χ4n) is 2.41. The molecule has 0 amide bonds. The van der Waals surface area contributed by atoms with Gasteiger partial charge in [0, 0.05) is 45.5 Å². The summed E-state index contributed by atoms with van der Waals surface area (Å²) in [5.41, 5.74) is 1.32. The van der Waals surface area contributed by atoms with Crippen molar-refractivity contribution in [3.05, 3.63) is 30.3 Å². The molecule has 0 unspecified atom stereocenters. The van der Waals surface area contributed by atoms with Crippen LogP contribution >= 0.6 is 0 Å². The number of hydrogen-bond donors (Lipinski definition) is 0. The van der Waals surface area contributed by atoms with Crippen LogP contribution in [0, 0.1) is 0 Å². The van der Waals surface area contributed by atoms with Crippen LogP contribution in [-0.2, 0) is 0 Å². The third kappa shape index (κ3) is 4.00. The van der Waals surface area contributed by atoms with E-state index in [9.17, 15) is 0 Å². The van der Waals surface area contributed by atoms with Gasteiger partial charge in [-0.3, -0.25) is 0 Å². The zero-order valence-electron chi connectivity index (χ0n) is 11.7. The van der Waals surface area contributed by atoms with Crippen molar-refractivity contribution in [1.82, 2.24) is 9.80 Å². The predicted octanol–water partition coefficient (Wildman–Crippen LogP) is 1.76. The van der Waals surface area contributed by atoms with Gasteiger partial charge in [0.15, 0.2) is 0 Å². The highest BCUT2D eigenvalue weighted by Gasteiger charge is 2.13. The predicted molar refractivity (Wildman–Crippen MR) is 78.3 cm³/mol. The Morgan fingerprint density at radius 2 is 1.72 bits per heavy atom. The summed E-state index contributed by atoms with van der Waals surface area (Å²) in [6.45, 7) is 7.25. The van der Waals surface area contributed by atoms with Gasteiger partial charge in [0.2, 0.25) is 0 Å². The van der Waals surface area contributed by atoms with Crippen molar-refractivity contribution in [2.75, 3.05) is 58.3 Å². The van der Waals surface area contributed by atoms with E-state index in [2.05, 4.69) is 59.1 Å². The van der Waals surface area contributed by atoms with Crippen molar-refractivity contribution < 1.29 is 0 Å². The highest BCUT2D eigenvalue weighted by molar-refractivity contribution is 5.44. The Morgan fingerprint density at radius 1 is 1.06 bits per heavy atom. The topological polar surface area (TPSA) is 9.72 Å². The number of nitrogens with zero attached hydrogens (tertiary/aromatic N) is 3. The zero-order chi connectivity index (χ0) is 12.8. The summed E-state index contributed by atoms with van der Waals surface area (Å²) in [6, 6.07) is 10.6. The van der Waals surface area contributed by atoms with E-state index in [4.69, 9.17) is 0 Å². The van der Waals surface area contributed by atoms with Crippen LogP contribution in [0.5, 0.6) is 0 Å². The summed E-state index contributed by atoms with van der Waals surface area (Å²) in [6.07, 6.45) is 1.25. The van der Waals surface area contributed by atoms with E-state index in [1.165, 1.54) is 44.8 Å². The summed E-state index contributed by atoms with van der Waals surface area (Å²) >= 11 is 0. The largest absolute Gasteiger partial charge is 0.375 e. The molecule has 1 aliphatic rings. The molecular weight excluding hydrogens is 222 g/mol. The molecule has 0 atom stereocenters. The minimum Gasteiger partial charge on any atom is -0.375 e. The Morgan fingerprint density at radius 3 is 2.39 bits per heavy atom. The molecule has 2 rings (SSSR count). The molecule has 0 radical (unpaired) electrons. The van der Waals surface area contributed by atoms with Gasteiger partial charge in [-0.15, -0.1) is 0 Å². The Labute approximate surface area is 111 Å². The van der Waals surface area contributed by atoms with Gasteiger partial charge >= 0.3 is 0 Å². The third-order valence-electron chi connectivity index (χ3n) is 3.76. The third-order valence-corrected chi connectivity index (χ3v) is 3.76. The van der Waals surface area contributed by atoms with E-state index in [1.54, 1.807) is 0 Å². The molecule has 1 aliphatic heterocycles. The van der Waals surface area contributed by atoms with Crippen LogP contribution in [0.15, 0.2) is 30.3 Å². The monoisotopic (exact) mass is 247 g/mol. The molecular formula is C15H25N3. The van der Waals surface area contributed by atoms with E-state index in [0.717, 1.165) is 6.54 Å². The quantitative estimate of drug-likeness (QED) is 0.785. The van der Waals surface area contributed by atoms with Crippen LogP contribution in [0.25, 0.3) is 0 Å². The number of benzene rings is 1. The SMILES string of the molecule is CN1CCN(CCCN(C)c2ccccc2)CC1. The molecule has 1 fully saturated rings. The Kier molecular flexibility index (Phi) is 5.02. The van der Waals surface area contributed by atoms with Crippen LogP contribution in [0.3, 0.4) is 0 Å². The number of rotatable bonds is 5. The van der Waals surface area contributed by atoms with Gasteiger partial charge in [0.25, 0.3) is 0 Å². The summed E-state index contributed by atoms with van der Waals surface area (Å²) in [5.74, 6) is 0.